The molecular formula is C15H20N4O3S2. The topological polar surface area (TPSA) is 101 Å². The van der Waals surface area contributed by atoms with Gasteiger partial charge in [0.25, 0.3) is 10.0 Å². The summed E-state index contributed by atoms with van der Waals surface area (Å²) in [6, 6.07) is 5.51. The summed E-state index contributed by atoms with van der Waals surface area (Å²) < 4.78 is 27.5. The van der Waals surface area contributed by atoms with Gasteiger partial charge in [-0.1, -0.05) is 36.5 Å². The zero-order valence-corrected chi connectivity index (χ0v) is 15.6. The molecule has 0 saturated carbocycles. The molecule has 0 saturated heterocycles. The third-order valence-electron chi connectivity index (χ3n) is 3.56. The number of anilines is 1. The molecule has 1 aromatic carbocycles. The molecule has 0 radical (unpaired) electrons. The Hall–Kier alpha value is -1.84. The molecule has 0 fully saturated rings. The Bertz CT molecular complexity index is 846. The van der Waals surface area contributed by atoms with Crippen LogP contribution in [0.5, 0.6) is 0 Å². The number of benzene rings is 1. The van der Waals surface area contributed by atoms with Gasteiger partial charge in [-0.25, -0.2) is 13.1 Å². The van der Waals surface area contributed by atoms with Crippen molar-refractivity contribution in [3.63, 3.8) is 0 Å². The second-order valence-corrected chi connectivity index (χ2v) is 8.35. The van der Waals surface area contributed by atoms with Crippen molar-refractivity contribution in [3.8, 4) is 0 Å². The fourth-order valence-electron chi connectivity index (χ4n) is 2.13. The Balaban J connectivity index is 2.23. The zero-order valence-electron chi connectivity index (χ0n) is 14.0. The van der Waals surface area contributed by atoms with Gasteiger partial charge in [-0.05, 0) is 37.0 Å². The van der Waals surface area contributed by atoms with Crippen molar-refractivity contribution < 1.29 is 13.2 Å². The number of aromatic nitrogens is 2. The van der Waals surface area contributed by atoms with Gasteiger partial charge in [-0.2, -0.15) is 0 Å². The lowest BCUT2D eigenvalue weighted by Crippen LogP contribution is -2.28. The summed E-state index contributed by atoms with van der Waals surface area (Å²) in [7, 11) is -3.81. The van der Waals surface area contributed by atoms with Gasteiger partial charge in [0.1, 0.15) is 0 Å². The van der Waals surface area contributed by atoms with E-state index in [0.29, 0.717) is 6.42 Å². The molecule has 2 rings (SSSR count). The third-order valence-corrected chi connectivity index (χ3v) is 6.24. The van der Waals surface area contributed by atoms with Crippen LogP contribution in [0.15, 0.2) is 22.5 Å². The molecular weight excluding hydrogens is 348 g/mol. The van der Waals surface area contributed by atoms with Gasteiger partial charge in [-0.15, -0.1) is 10.2 Å². The van der Waals surface area contributed by atoms with Crippen LogP contribution in [0.1, 0.15) is 43.0 Å². The van der Waals surface area contributed by atoms with Crippen LogP contribution in [0, 0.1) is 13.8 Å². The molecule has 0 aliphatic rings. The van der Waals surface area contributed by atoms with Crippen molar-refractivity contribution in [3.05, 3.63) is 34.9 Å². The molecule has 0 aliphatic carbocycles. The van der Waals surface area contributed by atoms with E-state index in [9.17, 15) is 13.2 Å². The summed E-state index contributed by atoms with van der Waals surface area (Å²) in [5.41, 5.74) is 3.16. The first-order chi connectivity index (χ1) is 11.2. The molecule has 0 spiro atoms. The van der Waals surface area contributed by atoms with E-state index in [1.54, 1.807) is 0 Å². The SMILES string of the molecule is CC[C@@H](NS(=O)(=O)c1nnc(NC(C)=O)s1)c1ccc(C)c(C)c1. The number of hydrogen-bond donors (Lipinski definition) is 2. The average molecular weight is 368 g/mol. The third kappa shape index (κ3) is 4.37. The smallest absolute Gasteiger partial charge is 0.270 e. The van der Waals surface area contributed by atoms with Gasteiger partial charge in [0.15, 0.2) is 0 Å². The van der Waals surface area contributed by atoms with Gasteiger partial charge in [-0.3, -0.25) is 4.79 Å². The van der Waals surface area contributed by atoms with Crippen LogP contribution in [0.3, 0.4) is 0 Å². The lowest BCUT2D eigenvalue weighted by atomic mass is 10.0. The normalized spacial score (nSPS) is 12.8. The number of nitrogens with one attached hydrogen (secondary N) is 2. The minimum absolute atomic E-state index is 0.155. The van der Waals surface area contributed by atoms with Crippen molar-refractivity contribution in [2.75, 3.05) is 5.32 Å². The van der Waals surface area contributed by atoms with Crippen LogP contribution < -0.4 is 10.0 Å². The molecule has 1 amide bonds. The Kier molecular flexibility index (Phi) is 5.68. The van der Waals surface area contributed by atoms with Gasteiger partial charge >= 0.3 is 0 Å². The van der Waals surface area contributed by atoms with E-state index in [4.69, 9.17) is 0 Å². The maximum Gasteiger partial charge on any atom is 0.270 e. The quantitative estimate of drug-likeness (QED) is 0.763. The standard InChI is InChI=1S/C15H20N4O3S2/c1-5-13(12-7-6-9(2)10(3)8-12)19-24(21,22)15-18-17-14(23-15)16-11(4)20/h6-8,13,19H,5H2,1-4H3,(H,16,17,20)/t13-/m1/s1. The van der Waals surface area contributed by atoms with Crippen molar-refractivity contribution in [2.24, 2.45) is 0 Å². The van der Waals surface area contributed by atoms with Crippen LogP contribution in [-0.2, 0) is 14.8 Å². The summed E-state index contributed by atoms with van der Waals surface area (Å²) in [6.07, 6.45) is 0.596. The molecule has 7 nitrogen and oxygen atoms in total. The van der Waals surface area contributed by atoms with E-state index in [0.717, 1.165) is 28.0 Å². The molecule has 24 heavy (non-hydrogen) atoms. The molecule has 2 N–H and O–H groups in total. The highest BCUT2D eigenvalue weighted by atomic mass is 32.2. The van der Waals surface area contributed by atoms with Crippen LogP contribution in [-0.4, -0.2) is 24.5 Å². The second-order valence-electron chi connectivity index (χ2n) is 5.48. The Morgan fingerprint density at radius 1 is 1.25 bits per heavy atom. The van der Waals surface area contributed by atoms with Gasteiger partial charge in [0.05, 0.1) is 0 Å². The monoisotopic (exact) mass is 368 g/mol. The van der Waals surface area contributed by atoms with E-state index in [1.165, 1.54) is 6.92 Å². The predicted molar refractivity (Wildman–Crippen MR) is 93.5 cm³/mol. The molecule has 1 heterocycles. The first-order valence-corrected chi connectivity index (χ1v) is 9.73. The fourth-order valence-corrected chi connectivity index (χ4v) is 4.40. The highest BCUT2D eigenvalue weighted by molar-refractivity contribution is 7.91. The maximum atomic E-state index is 12.5. The maximum absolute atomic E-state index is 12.5. The number of amides is 1. The number of carbonyl (C=O) groups is 1. The summed E-state index contributed by atoms with van der Waals surface area (Å²) >= 11 is 0.817. The van der Waals surface area contributed by atoms with Crippen LogP contribution in [0.2, 0.25) is 0 Å². The van der Waals surface area contributed by atoms with E-state index >= 15 is 0 Å². The minimum Gasteiger partial charge on any atom is -0.301 e. The number of hydrogen-bond acceptors (Lipinski definition) is 6. The zero-order chi connectivity index (χ0) is 17.9. The molecule has 1 atom stereocenters. The largest absolute Gasteiger partial charge is 0.301 e. The lowest BCUT2D eigenvalue weighted by molar-refractivity contribution is -0.114. The van der Waals surface area contributed by atoms with Crippen molar-refractivity contribution >= 4 is 32.4 Å². The van der Waals surface area contributed by atoms with E-state index in [2.05, 4.69) is 20.2 Å². The summed E-state index contributed by atoms with van der Waals surface area (Å²) in [5.74, 6) is -0.329. The molecule has 0 unspecified atom stereocenters. The van der Waals surface area contributed by atoms with Crippen molar-refractivity contribution in [1.29, 1.82) is 0 Å². The highest BCUT2D eigenvalue weighted by Crippen LogP contribution is 2.25. The second kappa shape index (κ2) is 7.37. The molecule has 130 valence electrons. The number of sulfonamides is 1. The number of rotatable bonds is 6. The Morgan fingerprint density at radius 3 is 2.54 bits per heavy atom. The Morgan fingerprint density at radius 2 is 1.96 bits per heavy atom. The molecule has 0 aliphatic heterocycles. The van der Waals surface area contributed by atoms with Gasteiger partial charge in [0, 0.05) is 13.0 Å². The van der Waals surface area contributed by atoms with Crippen molar-refractivity contribution in [2.45, 2.75) is 44.5 Å². The number of aryl methyl sites for hydroxylation is 2. The van der Waals surface area contributed by atoms with Crippen LogP contribution >= 0.6 is 11.3 Å². The molecule has 1 aromatic heterocycles. The summed E-state index contributed by atoms with van der Waals surface area (Å²) in [5, 5.41) is 9.91. The molecule has 9 heteroatoms. The van der Waals surface area contributed by atoms with Gasteiger partial charge < -0.3 is 5.32 Å². The first-order valence-electron chi connectivity index (χ1n) is 7.43. The molecule has 2 aromatic rings. The summed E-state index contributed by atoms with van der Waals surface area (Å²) in [4.78, 5) is 11.0. The fraction of sp³-hybridized carbons (Fsp3) is 0.400. The van der Waals surface area contributed by atoms with Gasteiger partial charge in [0.2, 0.25) is 15.4 Å². The van der Waals surface area contributed by atoms with Crippen LogP contribution in [0.4, 0.5) is 5.13 Å². The minimum atomic E-state index is -3.81. The predicted octanol–water partition coefficient (Wildman–Crippen LogP) is 2.54. The van der Waals surface area contributed by atoms with E-state index in [1.807, 2.05) is 39.0 Å². The number of nitrogens with zero attached hydrogens (tertiary/aromatic N) is 2. The molecule has 0 bridgehead atoms. The Labute approximate surface area is 145 Å². The lowest BCUT2D eigenvalue weighted by Gasteiger charge is -2.17. The van der Waals surface area contributed by atoms with Crippen LogP contribution in [0.25, 0.3) is 0 Å². The highest BCUT2D eigenvalue weighted by Gasteiger charge is 2.24. The number of carbonyl (C=O) groups excluding carboxylic acids is 1. The van der Waals surface area contributed by atoms with E-state index < -0.39 is 10.0 Å². The average Bonchev–Trinajstić information content (AvgIpc) is 2.96. The van der Waals surface area contributed by atoms with Crippen molar-refractivity contribution in [1.82, 2.24) is 14.9 Å². The first kappa shape index (κ1) is 18.5. The summed E-state index contributed by atoms with van der Waals surface area (Å²) in [6.45, 7) is 7.23. The van der Waals surface area contributed by atoms with E-state index in [-0.39, 0.29) is 21.4 Å².